The van der Waals surface area contributed by atoms with E-state index in [1.807, 2.05) is 6.07 Å². The summed E-state index contributed by atoms with van der Waals surface area (Å²) in [6.45, 7) is 10.7. The zero-order valence-corrected chi connectivity index (χ0v) is 14.6. The molecule has 0 unspecified atom stereocenters. The fourth-order valence-electron chi connectivity index (χ4n) is 3.93. The van der Waals surface area contributed by atoms with Gasteiger partial charge in [-0.05, 0) is 38.1 Å². The Kier molecular flexibility index (Phi) is 5.11. The first-order chi connectivity index (χ1) is 11.9. The van der Waals surface area contributed by atoms with Crippen LogP contribution in [0.1, 0.15) is 25.1 Å². The molecule has 0 spiro atoms. The summed E-state index contributed by atoms with van der Waals surface area (Å²) < 4.78 is 0. The van der Waals surface area contributed by atoms with E-state index in [9.17, 15) is 0 Å². The summed E-state index contributed by atoms with van der Waals surface area (Å²) in [6.07, 6.45) is 4.22. The van der Waals surface area contributed by atoms with Crippen LogP contribution in [-0.4, -0.2) is 77.0 Å². The monoisotopic (exact) mass is 327 g/mol. The highest BCUT2D eigenvalue weighted by atomic mass is 15.3. The number of nitrogens with one attached hydrogen (secondary N) is 1. The van der Waals surface area contributed by atoms with E-state index in [1.165, 1.54) is 58.5 Å². The van der Waals surface area contributed by atoms with Crippen LogP contribution < -0.4 is 0 Å². The smallest absolute Gasteiger partial charge is 0.121 e. The Bertz CT molecular complexity index is 605. The standard InChI is InChI=1S/C19H29N5/c1-4-8-22(9-5-1)10-11-23-12-14-24(15-13-23)16-19-20-17-6-2-3-7-18(17)21-19/h2-3,6-7H,1,4-5,8-16H2,(H,20,21). The van der Waals surface area contributed by atoms with Gasteiger partial charge in [-0.25, -0.2) is 4.98 Å². The number of hydrogen-bond acceptors (Lipinski definition) is 4. The zero-order valence-electron chi connectivity index (χ0n) is 14.6. The number of para-hydroxylation sites is 2. The molecule has 0 amide bonds. The molecule has 5 heteroatoms. The lowest BCUT2D eigenvalue weighted by Gasteiger charge is -2.36. The average molecular weight is 327 g/mol. The predicted molar refractivity (Wildman–Crippen MR) is 98.1 cm³/mol. The first-order valence-electron chi connectivity index (χ1n) is 9.47. The molecule has 1 aromatic heterocycles. The highest BCUT2D eigenvalue weighted by Crippen LogP contribution is 2.13. The Morgan fingerprint density at radius 1 is 0.792 bits per heavy atom. The molecule has 130 valence electrons. The van der Waals surface area contributed by atoms with Crippen molar-refractivity contribution in [2.24, 2.45) is 0 Å². The number of aromatic amines is 1. The molecule has 0 atom stereocenters. The van der Waals surface area contributed by atoms with Gasteiger partial charge in [0.25, 0.3) is 0 Å². The van der Waals surface area contributed by atoms with Crippen LogP contribution in [0.3, 0.4) is 0 Å². The number of piperidine rings is 1. The molecule has 0 saturated carbocycles. The van der Waals surface area contributed by atoms with Crippen molar-refractivity contribution in [1.82, 2.24) is 24.7 Å². The fraction of sp³-hybridized carbons (Fsp3) is 0.632. The van der Waals surface area contributed by atoms with E-state index in [-0.39, 0.29) is 0 Å². The molecular formula is C19H29N5. The normalized spacial score (nSPS) is 21.5. The summed E-state index contributed by atoms with van der Waals surface area (Å²) in [7, 11) is 0. The quantitative estimate of drug-likeness (QED) is 0.913. The Balaban J connectivity index is 1.22. The molecule has 2 saturated heterocycles. The molecule has 5 nitrogen and oxygen atoms in total. The fourth-order valence-corrected chi connectivity index (χ4v) is 3.93. The van der Waals surface area contributed by atoms with Crippen LogP contribution in [0, 0.1) is 0 Å². The van der Waals surface area contributed by atoms with Gasteiger partial charge in [0.15, 0.2) is 0 Å². The van der Waals surface area contributed by atoms with Crippen LogP contribution >= 0.6 is 0 Å². The molecule has 1 N–H and O–H groups in total. The Morgan fingerprint density at radius 2 is 1.46 bits per heavy atom. The molecule has 3 heterocycles. The Morgan fingerprint density at radius 3 is 2.21 bits per heavy atom. The highest BCUT2D eigenvalue weighted by molar-refractivity contribution is 5.74. The minimum atomic E-state index is 0.939. The van der Waals surface area contributed by atoms with Gasteiger partial charge in [-0.15, -0.1) is 0 Å². The lowest BCUT2D eigenvalue weighted by atomic mass is 10.1. The number of rotatable bonds is 5. The number of likely N-dealkylation sites (tertiary alicyclic amines) is 1. The van der Waals surface area contributed by atoms with Crippen LogP contribution in [0.4, 0.5) is 0 Å². The summed E-state index contributed by atoms with van der Waals surface area (Å²) in [5.74, 6) is 1.10. The van der Waals surface area contributed by atoms with Crippen molar-refractivity contribution in [3.8, 4) is 0 Å². The molecule has 2 fully saturated rings. The van der Waals surface area contributed by atoms with Crippen molar-refractivity contribution >= 4 is 11.0 Å². The van der Waals surface area contributed by atoms with Crippen LogP contribution in [0.25, 0.3) is 11.0 Å². The lowest BCUT2D eigenvalue weighted by Crippen LogP contribution is -2.48. The summed E-state index contributed by atoms with van der Waals surface area (Å²) in [5.41, 5.74) is 2.22. The molecule has 1 aromatic carbocycles. The second-order valence-electron chi connectivity index (χ2n) is 7.22. The first kappa shape index (κ1) is 16.1. The number of H-pyrrole nitrogens is 1. The third kappa shape index (κ3) is 3.97. The summed E-state index contributed by atoms with van der Waals surface area (Å²) >= 11 is 0. The van der Waals surface area contributed by atoms with Crippen molar-refractivity contribution in [3.05, 3.63) is 30.1 Å². The number of hydrogen-bond donors (Lipinski definition) is 1. The number of imidazole rings is 1. The van der Waals surface area contributed by atoms with Crippen molar-refractivity contribution in [2.45, 2.75) is 25.8 Å². The van der Waals surface area contributed by atoms with Gasteiger partial charge in [-0.2, -0.15) is 0 Å². The summed E-state index contributed by atoms with van der Waals surface area (Å²) in [6, 6.07) is 8.29. The largest absolute Gasteiger partial charge is 0.341 e. The van der Waals surface area contributed by atoms with Gasteiger partial charge in [0.2, 0.25) is 0 Å². The van der Waals surface area contributed by atoms with Gasteiger partial charge in [0.1, 0.15) is 5.82 Å². The lowest BCUT2D eigenvalue weighted by molar-refractivity contribution is 0.108. The van der Waals surface area contributed by atoms with Gasteiger partial charge in [0, 0.05) is 39.3 Å². The molecule has 0 aliphatic carbocycles. The highest BCUT2D eigenvalue weighted by Gasteiger charge is 2.19. The molecule has 4 rings (SSSR count). The van der Waals surface area contributed by atoms with E-state index in [1.54, 1.807) is 0 Å². The summed E-state index contributed by atoms with van der Waals surface area (Å²) in [4.78, 5) is 15.9. The Hall–Kier alpha value is -1.43. The van der Waals surface area contributed by atoms with E-state index in [0.29, 0.717) is 0 Å². The second-order valence-corrected chi connectivity index (χ2v) is 7.22. The van der Waals surface area contributed by atoms with E-state index in [2.05, 4.69) is 37.9 Å². The van der Waals surface area contributed by atoms with E-state index in [0.717, 1.165) is 36.5 Å². The van der Waals surface area contributed by atoms with Crippen molar-refractivity contribution in [3.63, 3.8) is 0 Å². The zero-order chi connectivity index (χ0) is 16.2. The Labute approximate surface area is 144 Å². The van der Waals surface area contributed by atoms with Crippen molar-refractivity contribution < 1.29 is 0 Å². The summed E-state index contributed by atoms with van der Waals surface area (Å²) in [5, 5.41) is 0. The predicted octanol–water partition coefficient (Wildman–Crippen LogP) is 2.17. The minimum absolute atomic E-state index is 0.939. The van der Waals surface area contributed by atoms with Gasteiger partial charge in [-0.1, -0.05) is 18.6 Å². The molecule has 2 aliphatic rings. The second kappa shape index (κ2) is 7.64. The molecule has 24 heavy (non-hydrogen) atoms. The van der Waals surface area contributed by atoms with E-state index in [4.69, 9.17) is 4.98 Å². The van der Waals surface area contributed by atoms with Gasteiger partial charge < -0.3 is 9.88 Å². The van der Waals surface area contributed by atoms with E-state index >= 15 is 0 Å². The molecule has 0 bridgehead atoms. The average Bonchev–Trinajstić information content (AvgIpc) is 3.04. The third-order valence-corrected chi connectivity index (χ3v) is 5.46. The van der Waals surface area contributed by atoms with Crippen LogP contribution in [0.5, 0.6) is 0 Å². The maximum atomic E-state index is 4.71. The minimum Gasteiger partial charge on any atom is -0.341 e. The van der Waals surface area contributed by atoms with Crippen LogP contribution in [-0.2, 0) is 6.54 Å². The molecule has 2 aliphatic heterocycles. The maximum absolute atomic E-state index is 4.71. The number of piperazine rings is 1. The number of fused-ring (bicyclic) bond motifs is 1. The number of aromatic nitrogens is 2. The molecule has 2 aromatic rings. The van der Waals surface area contributed by atoms with Gasteiger partial charge >= 0.3 is 0 Å². The van der Waals surface area contributed by atoms with E-state index < -0.39 is 0 Å². The number of nitrogens with zero attached hydrogens (tertiary/aromatic N) is 4. The molecular weight excluding hydrogens is 298 g/mol. The van der Waals surface area contributed by atoms with Crippen molar-refractivity contribution in [2.75, 3.05) is 52.4 Å². The van der Waals surface area contributed by atoms with Crippen molar-refractivity contribution in [1.29, 1.82) is 0 Å². The SMILES string of the molecule is c1ccc2[nH]c(CN3CCN(CCN4CCCCC4)CC3)nc2c1. The van der Waals surface area contributed by atoms with Crippen LogP contribution in [0.2, 0.25) is 0 Å². The number of benzene rings is 1. The first-order valence-corrected chi connectivity index (χ1v) is 9.47. The topological polar surface area (TPSA) is 38.4 Å². The third-order valence-electron chi connectivity index (χ3n) is 5.46. The van der Waals surface area contributed by atoms with Crippen LogP contribution in [0.15, 0.2) is 24.3 Å². The van der Waals surface area contributed by atoms with Gasteiger partial charge in [0.05, 0.1) is 17.6 Å². The maximum Gasteiger partial charge on any atom is 0.121 e. The van der Waals surface area contributed by atoms with Gasteiger partial charge in [-0.3, -0.25) is 9.80 Å². The molecule has 0 radical (unpaired) electrons.